The molecule has 3 spiro atoms. The van der Waals surface area contributed by atoms with Crippen molar-refractivity contribution in [3.05, 3.63) is 0 Å². The van der Waals surface area contributed by atoms with Gasteiger partial charge in [0.2, 0.25) is 5.79 Å². The third kappa shape index (κ3) is 2.67. The van der Waals surface area contributed by atoms with Crippen LogP contribution < -0.4 is 0 Å². The van der Waals surface area contributed by atoms with Crippen molar-refractivity contribution in [3.8, 4) is 0 Å². The van der Waals surface area contributed by atoms with Gasteiger partial charge < -0.3 is 39.0 Å². The van der Waals surface area contributed by atoms with Crippen LogP contribution in [0.5, 0.6) is 0 Å². The molecule has 0 aromatic rings. The van der Waals surface area contributed by atoms with Crippen molar-refractivity contribution in [1.29, 1.82) is 0 Å². The van der Waals surface area contributed by atoms with Crippen LogP contribution in [0.3, 0.4) is 0 Å². The van der Waals surface area contributed by atoms with Gasteiger partial charge in [0.05, 0.1) is 35.6 Å². The maximum Gasteiger partial charge on any atom is 0.311 e. The summed E-state index contributed by atoms with van der Waals surface area (Å²) in [7, 11) is 0. The Hall–Kier alpha value is -1.96. The van der Waals surface area contributed by atoms with E-state index >= 15 is 0 Å². The first-order chi connectivity index (χ1) is 19.1. The molecule has 6 heterocycles. The number of fused-ring (bicyclic) bond motifs is 2. The molecule has 15 unspecified atom stereocenters. The van der Waals surface area contributed by atoms with E-state index in [2.05, 4.69) is 0 Å². The number of ether oxygens (including phenoxy) is 5. The van der Waals surface area contributed by atoms with Crippen LogP contribution in [0.2, 0.25) is 0 Å². The van der Waals surface area contributed by atoms with Crippen molar-refractivity contribution < 1.29 is 58.2 Å². The van der Waals surface area contributed by atoms with E-state index in [1.807, 2.05) is 0 Å². The molecule has 12 nitrogen and oxygen atoms in total. The van der Waals surface area contributed by atoms with E-state index in [9.17, 15) is 34.5 Å². The summed E-state index contributed by atoms with van der Waals surface area (Å²) >= 11 is 0. The Bertz CT molecular complexity index is 1310. The topological polar surface area (TPSA) is 175 Å². The quantitative estimate of drug-likeness (QED) is 0.272. The van der Waals surface area contributed by atoms with Crippen molar-refractivity contribution in [1.82, 2.24) is 0 Å². The van der Waals surface area contributed by atoms with Gasteiger partial charge >= 0.3 is 11.9 Å². The molecule has 3 N–H and O–H groups in total. The molecule has 15 atom stereocenters. The lowest BCUT2D eigenvalue weighted by molar-refractivity contribution is -0.368. The third-order valence-electron chi connectivity index (χ3n) is 12.6. The molecule has 0 aromatic carbocycles. The fourth-order valence-corrected chi connectivity index (χ4v) is 10.8. The van der Waals surface area contributed by atoms with Gasteiger partial charge in [0.15, 0.2) is 5.78 Å². The van der Waals surface area contributed by atoms with Gasteiger partial charge in [-0.25, -0.2) is 0 Å². The highest BCUT2D eigenvalue weighted by atomic mass is 16.7. The summed E-state index contributed by atoms with van der Waals surface area (Å²) in [6, 6.07) is 0. The monoisotopic (exact) mass is 576 g/mol. The number of hydrogen-bond donors (Lipinski definition) is 3. The van der Waals surface area contributed by atoms with Gasteiger partial charge in [0.25, 0.3) is 0 Å². The molecule has 2 bridgehead atoms. The number of carbonyl (C=O) groups excluding carboxylic acids is 4. The molecular weight excluding hydrogens is 540 g/mol. The minimum atomic E-state index is -2.05. The van der Waals surface area contributed by atoms with Crippen molar-refractivity contribution in [2.75, 3.05) is 6.61 Å². The van der Waals surface area contributed by atoms with Crippen molar-refractivity contribution >= 4 is 23.5 Å². The van der Waals surface area contributed by atoms with E-state index in [-0.39, 0.29) is 25.9 Å². The van der Waals surface area contributed by atoms with Gasteiger partial charge in [0, 0.05) is 36.5 Å². The molecule has 6 saturated heterocycles. The predicted molar refractivity (Wildman–Crippen MR) is 131 cm³/mol. The second-order valence-corrected chi connectivity index (χ2v) is 14.5. The van der Waals surface area contributed by atoms with Gasteiger partial charge in [-0.3, -0.25) is 19.2 Å². The van der Waals surface area contributed by atoms with Gasteiger partial charge in [0.1, 0.15) is 41.4 Å². The number of aliphatic hydroxyl groups is 3. The van der Waals surface area contributed by atoms with Crippen LogP contribution in [-0.2, 0) is 42.9 Å². The van der Waals surface area contributed by atoms with Crippen LogP contribution >= 0.6 is 0 Å². The smallest absolute Gasteiger partial charge is 0.311 e. The van der Waals surface area contributed by atoms with Gasteiger partial charge in [-0.15, -0.1) is 0 Å². The maximum absolute atomic E-state index is 14.4. The first-order valence-corrected chi connectivity index (χ1v) is 14.7. The zero-order valence-electron chi connectivity index (χ0n) is 23.5. The van der Waals surface area contributed by atoms with E-state index in [0.29, 0.717) is 12.8 Å². The highest BCUT2D eigenvalue weighted by Crippen LogP contribution is 2.72. The van der Waals surface area contributed by atoms with Crippen LogP contribution in [0.1, 0.15) is 59.8 Å². The summed E-state index contributed by atoms with van der Waals surface area (Å²) < 4.78 is 31.6. The average Bonchev–Trinajstić information content (AvgIpc) is 3.49. The number of hydrogen-bond acceptors (Lipinski definition) is 12. The zero-order chi connectivity index (χ0) is 29.3. The summed E-state index contributed by atoms with van der Waals surface area (Å²) in [6.45, 7) is 5.92. The third-order valence-corrected chi connectivity index (χ3v) is 12.6. The van der Waals surface area contributed by atoms with E-state index in [1.54, 1.807) is 13.8 Å². The molecule has 2 saturated carbocycles. The average molecular weight is 577 g/mol. The molecule has 8 rings (SSSR count). The van der Waals surface area contributed by atoms with E-state index in [1.165, 1.54) is 13.8 Å². The van der Waals surface area contributed by atoms with Crippen LogP contribution in [0, 0.1) is 35.0 Å². The van der Waals surface area contributed by atoms with Crippen LogP contribution in [0.4, 0.5) is 0 Å². The van der Waals surface area contributed by atoms with Gasteiger partial charge in [-0.05, 0) is 40.5 Å². The standard InChI is InChI=1S/C29H36O12/c1-11-18-19(37-22(11)34)17-20-25(3,23(35)26(17,4)36)14(31)8-27-9-28-13(6-5-12(27)21(33)29(20,40-18)41-27)24(2,10-30)38-15(28)7-16(32)39-28/h11-13,15,17-21,30,33,36H,5-10H2,1-4H3. The zero-order valence-corrected chi connectivity index (χ0v) is 23.5. The number of aliphatic hydroxyl groups excluding tert-OH is 2. The first-order valence-electron chi connectivity index (χ1n) is 14.7. The summed E-state index contributed by atoms with van der Waals surface area (Å²) in [6.07, 6.45) is -3.50. The predicted octanol–water partition coefficient (Wildman–Crippen LogP) is -0.430. The Morgan fingerprint density at radius 3 is 2.46 bits per heavy atom. The van der Waals surface area contributed by atoms with Gasteiger partial charge in [-0.2, -0.15) is 0 Å². The van der Waals surface area contributed by atoms with Crippen LogP contribution in [0.15, 0.2) is 0 Å². The molecule has 41 heavy (non-hydrogen) atoms. The largest absolute Gasteiger partial charge is 0.459 e. The molecule has 8 aliphatic rings. The van der Waals surface area contributed by atoms with Crippen molar-refractivity contribution in [3.63, 3.8) is 0 Å². The van der Waals surface area contributed by atoms with Crippen LogP contribution in [-0.4, -0.2) is 98.0 Å². The molecule has 12 heteroatoms. The van der Waals surface area contributed by atoms with Gasteiger partial charge in [-0.1, -0.05) is 0 Å². The minimum Gasteiger partial charge on any atom is -0.459 e. The Labute approximate surface area is 236 Å². The number of Topliss-reactive ketones (excluding diaryl/α,β-unsaturated/α-hetero) is 2. The number of esters is 2. The van der Waals surface area contributed by atoms with E-state index in [4.69, 9.17) is 23.7 Å². The highest BCUT2D eigenvalue weighted by Gasteiger charge is 2.86. The summed E-state index contributed by atoms with van der Waals surface area (Å²) in [4.78, 5) is 53.9. The molecule has 8 fully saturated rings. The number of ketones is 2. The molecule has 224 valence electrons. The Morgan fingerprint density at radius 2 is 1.76 bits per heavy atom. The lowest BCUT2D eigenvalue weighted by Gasteiger charge is -2.52. The SMILES string of the molecule is CC1C(=O)OC2C1OC13OC4(CC(=O)C5(C)C(=O)C(C)(O)C2C51)CC12OC(=O)CC1OC(C)(CO)C2CCC4C3O. The Balaban J connectivity index is 1.33. The second kappa shape index (κ2) is 7.39. The first kappa shape index (κ1) is 26.7. The fourth-order valence-electron chi connectivity index (χ4n) is 10.8. The molecule has 6 aliphatic heterocycles. The number of rotatable bonds is 1. The lowest BCUT2D eigenvalue weighted by atomic mass is 9.60. The summed E-state index contributed by atoms with van der Waals surface area (Å²) in [5.74, 6) is -8.14. The summed E-state index contributed by atoms with van der Waals surface area (Å²) in [5.41, 5.74) is -7.47. The van der Waals surface area contributed by atoms with E-state index in [0.717, 1.165) is 0 Å². The fraction of sp³-hybridized carbons (Fsp3) is 0.862. The minimum absolute atomic E-state index is 0.00632. The van der Waals surface area contributed by atoms with Crippen molar-refractivity contribution in [2.24, 2.45) is 35.0 Å². The molecular formula is C29H36O12. The molecule has 0 radical (unpaired) electrons. The lowest BCUT2D eigenvalue weighted by Crippen LogP contribution is -2.66. The molecule has 2 aliphatic carbocycles. The normalized spacial score (nSPS) is 61.8. The second-order valence-electron chi connectivity index (χ2n) is 14.5. The summed E-state index contributed by atoms with van der Waals surface area (Å²) in [5, 5.41) is 34.3. The Morgan fingerprint density at radius 1 is 1.02 bits per heavy atom. The number of carbonyl (C=O) groups is 4. The molecule has 0 aromatic heterocycles. The highest BCUT2D eigenvalue weighted by molar-refractivity contribution is 6.13. The van der Waals surface area contributed by atoms with Crippen molar-refractivity contribution in [2.45, 2.75) is 112 Å². The Kier molecular flexibility index (Phi) is 4.80. The van der Waals surface area contributed by atoms with Crippen LogP contribution in [0.25, 0.3) is 0 Å². The molecule has 0 amide bonds. The van der Waals surface area contributed by atoms with E-state index < -0.39 is 111 Å². The maximum atomic E-state index is 14.4.